The molecule has 0 radical (unpaired) electrons. The minimum Gasteiger partial charge on any atom is -0.408 e. The molecule has 6 heteroatoms. The molecule has 1 aliphatic rings. The van der Waals surface area contributed by atoms with E-state index < -0.39 is 0 Å². The number of oxime groups is 1. The minimum absolute atomic E-state index is 0.109. The summed E-state index contributed by atoms with van der Waals surface area (Å²) < 4.78 is 13.6. The Bertz CT molecular complexity index is 416. The average molecular weight is 238 g/mol. The molecule has 0 amide bonds. The van der Waals surface area contributed by atoms with E-state index in [2.05, 4.69) is 5.16 Å². The van der Waals surface area contributed by atoms with Crippen LogP contribution in [0.25, 0.3) is 0 Å². The molecule has 1 aliphatic heterocycles. The first-order chi connectivity index (χ1) is 8.22. The smallest absolute Gasteiger partial charge is 0.233 e. The van der Waals surface area contributed by atoms with Crippen molar-refractivity contribution in [2.45, 2.75) is 0 Å². The molecule has 92 valence electrons. The van der Waals surface area contributed by atoms with Crippen LogP contribution in [0, 0.1) is 5.82 Å². The number of benzene rings is 1. The van der Waals surface area contributed by atoms with E-state index in [0.717, 1.165) is 0 Å². The molecule has 1 aromatic rings. The molecule has 5 nitrogen and oxygen atoms in total. The first-order valence-electron chi connectivity index (χ1n) is 5.44. The van der Waals surface area contributed by atoms with Gasteiger partial charge in [0.15, 0.2) is 0 Å². The van der Waals surface area contributed by atoms with Crippen LogP contribution in [-0.2, 0) is 0 Å². The van der Waals surface area contributed by atoms with E-state index in [1.54, 1.807) is 17.0 Å². The molecule has 0 spiro atoms. The van der Waals surface area contributed by atoms with Gasteiger partial charge < -0.3 is 20.7 Å². The Morgan fingerprint density at radius 2 is 1.88 bits per heavy atom. The second-order valence-corrected chi connectivity index (χ2v) is 3.88. The summed E-state index contributed by atoms with van der Waals surface area (Å²) in [5.74, 6) is -0.108. The first kappa shape index (κ1) is 11.5. The van der Waals surface area contributed by atoms with E-state index in [1.165, 1.54) is 6.07 Å². The zero-order chi connectivity index (χ0) is 12.3. The molecule has 0 unspecified atom stereocenters. The molecule has 0 aliphatic carbocycles. The normalized spacial score (nSPS) is 17.4. The van der Waals surface area contributed by atoms with Crippen LogP contribution in [0.3, 0.4) is 0 Å². The van der Waals surface area contributed by atoms with Gasteiger partial charge in [-0.15, -0.1) is 0 Å². The van der Waals surface area contributed by atoms with Crippen LogP contribution in [0.2, 0.25) is 0 Å². The van der Waals surface area contributed by atoms with Crippen LogP contribution in [0.1, 0.15) is 0 Å². The fraction of sp³-hybridized carbons (Fsp3) is 0.364. The van der Waals surface area contributed by atoms with Gasteiger partial charge >= 0.3 is 0 Å². The van der Waals surface area contributed by atoms with Crippen LogP contribution < -0.4 is 10.6 Å². The SMILES string of the molecule is NC(=NO)N1CCN(c2ccccc2F)CC1. The maximum Gasteiger partial charge on any atom is 0.233 e. The van der Waals surface area contributed by atoms with Gasteiger partial charge in [0.1, 0.15) is 5.82 Å². The number of guanidine groups is 1. The Hall–Kier alpha value is -1.98. The lowest BCUT2D eigenvalue weighted by Crippen LogP contribution is -2.51. The van der Waals surface area contributed by atoms with E-state index >= 15 is 0 Å². The van der Waals surface area contributed by atoms with Gasteiger partial charge in [-0.25, -0.2) is 4.39 Å². The lowest BCUT2D eigenvalue weighted by Gasteiger charge is -2.36. The molecule has 1 saturated heterocycles. The van der Waals surface area contributed by atoms with Crippen molar-refractivity contribution in [3.05, 3.63) is 30.1 Å². The third kappa shape index (κ3) is 2.41. The molecule has 3 N–H and O–H groups in total. The van der Waals surface area contributed by atoms with Gasteiger partial charge in [-0.1, -0.05) is 17.3 Å². The quantitative estimate of drug-likeness (QED) is 0.326. The van der Waals surface area contributed by atoms with Crippen molar-refractivity contribution < 1.29 is 9.60 Å². The molecule has 17 heavy (non-hydrogen) atoms. The molecular formula is C11H15FN4O. The highest BCUT2D eigenvalue weighted by Gasteiger charge is 2.20. The number of hydrogen-bond donors (Lipinski definition) is 2. The van der Waals surface area contributed by atoms with Crippen molar-refractivity contribution in [1.29, 1.82) is 0 Å². The maximum absolute atomic E-state index is 13.6. The molecule has 0 saturated carbocycles. The maximum atomic E-state index is 13.6. The van der Waals surface area contributed by atoms with Gasteiger partial charge in [0.25, 0.3) is 0 Å². The van der Waals surface area contributed by atoms with Gasteiger partial charge in [0, 0.05) is 26.2 Å². The highest BCUT2D eigenvalue weighted by molar-refractivity contribution is 5.77. The molecule has 1 fully saturated rings. The van der Waals surface area contributed by atoms with Gasteiger partial charge in [-0.05, 0) is 12.1 Å². The Labute approximate surface area is 98.9 Å². The zero-order valence-corrected chi connectivity index (χ0v) is 9.38. The Balaban J connectivity index is 2.03. The van der Waals surface area contributed by atoms with Crippen LogP contribution in [-0.4, -0.2) is 42.2 Å². The molecule has 1 aromatic carbocycles. The largest absolute Gasteiger partial charge is 0.408 e. The molecule has 0 atom stereocenters. The van der Waals surface area contributed by atoms with Crippen LogP contribution in [0.15, 0.2) is 29.4 Å². The summed E-state index contributed by atoms with van der Waals surface area (Å²) in [6.45, 7) is 2.53. The number of piperazine rings is 1. The molecule has 1 heterocycles. The van der Waals surface area contributed by atoms with Gasteiger partial charge in [-0.3, -0.25) is 0 Å². The van der Waals surface area contributed by atoms with Crippen molar-refractivity contribution in [1.82, 2.24) is 4.90 Å². The predicted octanol–water partition coefficient (Wildman–Crippen LogP) is 0.652. The summed E-state index contributed by atoms with van der Waals surface area (Å²) in [5.41, 5.74) is 6.10. The van der Waals surface area contributed by atoms with Gasteiger partial charge in [0.2, 0.25) is 5.96 Å². The zero-order valence-electron chi connectivity index (χ0n) is 9.38. The fourth-order valence-electron chi connectivity index (χ4n) is 1.95. The van der Waals surface area contributed by atoms with Crippen molar-refractivity contribution in [2.75, 3.05) is 31.1 Å². The van der Waals surface area contributed by atoms with E-state index in [4.69, 9.17) is 10.9 Å². The number of rotatable bonds is 1. The summed E-state index contributed by atoms with van der Waals surface area (Å²) in [4.78, 5) is 3.72. The summed E-state index contributed by atoms with van der Waals surface area (Å²) in [5, 5.41) is 11.5. The highest BCUT2D eigenvalue weighted by Crippen LogP contribution is 2.19. The summed E-state index contributed by atoms with van der Waals surface area (Å²) in [6, 6.07) is 6.69. The van der Waals surface area contributed by atoms with E-state index in [1.807, 2.05) is 11.0 Å². The lowest BCUT2D eigenvalue weighted by atomic mass is 10.2. The number of hydrogen-bond acceptors (Lipinski definition) is 3. The third-order valence-electron chi connectivity index (χ3n) is 2.90. The van der Waals surface area contributed by atoms with Crippen LogP contribution in [0.5, 0.6) is 0 Å². The fourth-order valence-corrected chi connectivity index (χ4v) is 1.95. The monoisotopic (exact) mass is 238 g/mol. The van der Waals surface area contributed by atoms with Gasteiger partial charge in [-0.2, -0.15) is 0 Å². The topological polar surface area (TPSA) is 65.1 Å². The molecule has 2 rings (SSSR count). The van der Waals surface area contributed by atoms with Gasteiger partial charge in [0.05, 0.1) is 5.69 Å². The van der Waals surface area contributed by atoms with Crippen molar-refractivity contribution in [3.8, 4) is 0 Å². The summed E-state index contributed by atoms with van der Waals surface area (Å²) in [6.07, 6.45) is 0. The van der Waals surface area contributed by atoms with Crippen LogP contribution >= 0.6 is 0 Å². The number of nitrogens with zero attached hydrogens (tertiary/aromatic N) is 3. The summed E-state index contributed by atoms with van der Waals surface area (Å²) in [7, 11) is 0. The average Bonchev–Trinajstić information content (AvgIpc) is 2.39. The third-order valence-corrected chi connectivity index (χ3v) is 2.90. The highest BCUT2D eigenvalue weighted by atomic mass is 19.1. The van der Waals surface area contributed by atoms with E-state index in [0.29, 0.717) is 31.9 Å². The second kappa shape index (κ2) is 4.90. The van der Waals surface area contributed by atoms with Crippen LogP contribution in [0.4, 0.5) is 10.1 Å². The number of para-hydroxylation sites is 1. The molecule has 0 bridgehead atoms. The molecule has 0 aromatic heterocycles. The van der Waals surface area contributed by atoms with E-state index in [9.17, 15) is 4.39 Å². The van der Waals surface area contributed by atoms with E-state index in [-0.39, 0.29) is 11.8 Å². The van der Waals surface area contributed by atoms with Crippen molar-refractivity contribution in [2.24, 2.45) is 10.9 Å². The number of halogens is 1. The Morgan fingerprint density at radius 3 is 2.47 bits per heavy atom. The predicted molar refractivity (Wildman–Crippen MR) is 63.6 cm³/mol. The number of nitrogens with two attached hydrogens (primary N) is 1. The minimum atomic E-state index is -0.218. The first-order valence-corrected chi connectivity index (χ1v) is 5.44. The Morgan fingerprint density at radius 1 is 1.24 bits per heavy atom. The molecular weight excluding hydrogens is 223 g/mol. The lowest BCUT2D eigenvalue weighted by molar-refractivity contribution is 0.293. The standard InChI is InChI=1S/C11H15FN4O/c12-9-3-1-2-4-10(9)15-5-7-16(8-6-15)11(13)14-17/h1-4,17H,5-8H2,(H2,13,14). The Kier molecular flexibility index (Phi) is 3.32. The second-order valence-electron chi connectivity index (χ2n) is 3.88. The van der Waals surface area contributed by atoms with Crippen molar-refractivity contribution >= 4 is 11.6 Å². The van der Waals surface area contributed by atoms with Crippen molar-refractivity contribution in [3.63, 3.8) is 0 Å². The number of anilines is 1. The summed E-state index contributed by atoms with van der Waals surface area (Å²) >= 11 is 0.